The van der Waals surface area contributed by atoms with E-state index in [1.165, 1.54) is 22.8 Å². The van der Waals surface area contributed by atoms with E-state index in [9.17, 15) is 23.5 Å². The van der Waals surface area contributed by atoms with Crippen molar-refractivity contribution in [3.05, 3.63) is 64.9 Å². The number of fused-ring (bicyclic) bond motifs is 1. The first-order chi connectivity index (χ1) is 13.3. The summed E-state index contributed by atoms with van der Waals surface area (Å²) in [5.74, 6) is -4.07. The van der Waals surface area contributed by atoms with Crippen LogP contribution in [0.1, 0.15) is 34.5 Å². The van der Waals surface area contributed by atoms with Crippen molar-refractivity contribution in [3.63, 3.8) is 0 Å². The molecular weight excluding hydrogens is 370 g/mol. The van der Waals surface area contributed by atoms with Gasteiger partial charge in [0.05, 0.1) is 11.4 Å². The van der Waals surface area contributed by atoms with Crippen LogP contribution in [-0.2, 0) is 4.79 Å². The van der Waals surface area contributed by atoms with Crippen molar-refractivity contribution in [3.8, 4) is 5.75 Å². The second-order valence-corrected chi connectivity index (χ2v) is 6.39. The fraction of sp³-hybridized carbons (Fsp3) is 0.200. The minimum absolute atomic E-state index is 0.0486. The normalized spacial score (nSPS) is 12.2. The van der Waals surface area contributed by atoms with Crippen molar-refractivity contribution >= 4 is 22.7 Å². The lowest BCUT2D eigenvalue weighted by Gasteiger charge is -2.12. The number of nitrogens with zero attached hydrogens (tertiary/aromatic N) is 1. The second kappa shape index (κ2) is 7.40. The van der Waals surface area contributed by atoms with Crippen LogP contribution < -0.4 is 5.32 Å². The number of benzene rings is 2. The zero-order valence-corrected chi connectivity index (χ0v) is 15.2. The molecular formula is C20H18F2N2O4. The molecule has 0 aliphatic heterocycles. The van der Waals surface area contributed by atoms with Gasteiger partial charge in [-0.15, -0.1) is 0 Å². The highest BCUT2D eigenvalue weighted by Gasteiger charge is 2.27. The Morgan fingerprint density at radius 1 is 1.21 bits per heavy atom. The molecule has 0 aliphatic rings. The van der Waals surface area contributed by atoms with E-state index in [4.69, 9.17) is 5.11 Å². The van der Waals surface area contributed by atoms with E-state index in [2.05, 4.69) is 5.32 Å². The van der Waals surface area contributed by atoms with Gasteiger partial charge in [0.15, 0.2) is 11.6 Å². The summed E-state index contributed by atoms with van der Waals surface area (Å²) in [5, 5.41) is 21.3. The number of phenols is 1. The lowest BCUT2D eigenvalue weighted by Crippen LogP contribution is -2.29. The molecule has 3 N–H and O–H groups in total. The van der Waals surface area contributed by atoms with Gasteiger partial charge < -0.3 is 15.5 Å². The summed E-state index contributed by atoms with van der Waals surface area (Å²) in [7, 11) is 0. The Bertz CT molecular complexity index is 1090. The van der Waals surface area contributed by atoms with Crippen LogP contribution in [0.4, 0.5) is 8.78 Å². The van der Waals surface area contributed by atoms with Crippen LogP contribution in [-0.4, -0.2) is 33.3 Å². The van der Waals surface area contributed by atoms with Crippen molar-refractivity contribution in [2.45, 2.75) is 19.8 Å². The topological polar surface area (TPSA) is 91.6 Å². The molecule has 2 aromatic carbocycles. The van der Waals surface area contributed by atoms with Gasteiger partial charge in [0.1, 0.15) is 12.5 Å². The van der Waals surface area contributed by atoms with Gasteiger partial charge in [0.2, 0.25) is 5.91 Å². The van der Waals surface area contributed by atoms with Crippen LogP contribution in [0.25, 0.3) is 10.9 Å². The van der Waals surface area contributed by atoms with E-state index in [0.717, 1.165) is 18.2 Å². The predicted octanol–water partition coefficient (Wildman–Crippen LogP) is 2.79. The lowest BCUT2D eigenvalue weighted by molar-refractivity contribution is -0.123. The molecule has 8 heteroatoms. The van der Waals surface area contributed by atoms with Crippen molar-refractivity contribution in [2.75, 3.05) is 6.73 Å². The zero-order valence-electron chi connectivity index (χ0n) is 15.2. The molecule has 1 heterocycles. The number of hydrogen-bond donors (Lipinski definition) is 3. The van der Waals surface area contributed by atoms with Gasteiger partial charge in [-0.05, 0) is 43.7 Å². The van der Waals surface area contributed by atoms with E-state index >= 15 is 0 Å². The molecule has 0 fully saturated rings. The Balaban J connectivity index is 2.28. The first-order valence-electron chi connectivity index (χ1n) is 8.48. The maximum Gasteiger partial charge on any atom is 0.262 e. The fourth-order valence-electron chi connectivity index (χ4n) is 3.37. The van der Waals surface area contributed by atoms with E-state index < -0.39 is 41.8 Å². The Kier molecular flexibility index (Phi) is 5.15. The highest BCUT2D eigenvalue weighted by Crippen LogP contribution is 2.36. The van der Waals surface area contributed by atoms with Crippen LogP contribution in [0, 0.1) is 18.6 Å². The number of hydrogen-bond acceptors (Lipinski definition) is 4. The van der Waals surface area contributed by atoms with Gasteiger partial charge in [-0.1, -0.05) is 6.07 Å². The number of carbonyl (C=O) groups excluding carboxylic acids is 2. The van der Waals surface area contributed by atoms with E-state index in [-0.39, 0.29) is 11.1 Å². The third kappa shape index (κ3) is 3.22. The van der Waals surface area contributed by atoms with Crippen LogP contribution >= 0.6 is 0 Å². The number of aromatic hydroxyl groups is 1. The molecule has 0 saturated heterocycles. The van der Waals surface area contributed by atoms with E-state index in [1.807, 2.05) is 0 Å². The van der Waals surface area contributed by atoms with Crippen molar-refractivity contribution < 1.29 is 28.6 Å². The number of aromatic nitrogens is 1. The number of amides is 1. The SMILES string of the molecule is Cc1c([C@@H](C)C(=O)NCO)c2cc(O)c(F)cc2n1C(=O)c1cccc(F)c1. The first kappa shape index (κ1) is 19.5. The largest absolute Gasteiger partial charge is 0.505 e. The molecule has 3 aromatic rings. The summed E-state index contributed by atoms with van der Waals surface area (Å²) < 4.78 is 28.8. The maximum atomic E-state index is 14.0. The molecule has 6 nitrogen and oxygen atoms in total. The minimum Gasteiger partial charge on any atom is -0.505 e. The standard InChI is InChI=1S/C20H18F2N2O4/c1-10(19(27)23-9-25)18-11(2)24(16-8-15(22)17(26)7-14(16)18)20(28)12-4-3-5-13(21)6-12/h3-8,10,25-26H,9H2,1-2H3,(H,23,27)/t10-/m1/s1. The van der Waals surface area contributed by atoms with Crippen LogP contribution in [0.3, 0.4) is 0 Å². The molecule has 1 amide bonds. The average molecular weight is 388 g/mol. The second-order valence-electron chi connectivity index (χ2n) is 6.39. The van der Waals surface area contributed by atoms with Gasteiger partial charge in [0, 0.05) is 22.7 Å². The molecule has 0 saturated carbocycles. The number of carbonyl (C=O) groups is 2. The summed E-state index contributed by atoms with van der Waals surface area (Å²) in [6.07, 6.45) is 0. The highest BCUT2D eigenvalue weighted by atomic mass is 19.1. The summed E-state index contributed by atoms with van der Waals surface area (Å²) in [5.41, 5.74) is 0.920. The van der Waals surface area contributed by atoms with Gasteiger partial charge >= 0.3 is 0 Å². The summed E-state index contributed by atoms with van der Waals surface area (Å²) in [6.45, 7) is 2.57. The zero-order chi connectivity index (χ0) is 20.6. The van der Waals surface area contributed by atoms with Crippen LogP contribution in [0.15, 0.2) is 36.4 Å². The van der Waals surface area contributed by atoms with Crippen LogP contribution in [0.5, 0.6) is 5.75 Å². The fourth-order valence-corrected chi connectivity index (χ4v) is 3.37. The van der Waals surface area contributed by atoms with Crippen molar-refractivity contribution in [2.24, 2.45) is 0 Å². The highest BCUT2D eigenvalue weighted by molar-refractivity contribution is 6.05. The Morgan fingerprint density at radius 3 is 2.57 bits per heavy atom. The van der Waals surface area contributed by atoms with E-state index in [0.29, 0.717) is 16.6 Å². The molecule has 28 heavy (non-hydrogen) atoms. The Hall–Kier alpha value is -3.26. The molecule has 0 bridgehead atoms. The van der Waals surface area contributed by atoms with Gasteiger partial charge in [-0.25, -0.2) is 8.78 Å². The summed E-state index contributed by atoms with van der Waals surface area (Å²) in [4.78, 5) is 25.3. The van der Waals surface area contributed by atoms with E-state index in [1.54, 1.807) is 13.8 Å². The number of halogens is 2. The number of aliphatic hydroxyl groups excluding tert-OH is 1. The number of aliphatic hydroxyl groups is 1. The summed E-state index contributed by atoms with van der Waals surface area (Å²) >= 11 is 0. The average Bonchev–Trinajstić information content (AvgIpc) is 2.92. The maximum absolute atomic E-state index is 14.0. The number of phenolic OH excluding ortho intramolecular Hbond substituents is 1. The molecule has 3 rings (SSSR count). The molecule has 1 atom stereocenters. The smallest absolute Gasteiger partial charge is 0.262 e. The monoisotopic (exact) mass is 388 g/mol. The van der Waals surface area contributed by atoms with Gasteiger partial charge in [0.25, 0.3) is 5.91 Å². The molecule has 0 spiro atoms. The molecule has 0 aliphatic carbocycles. The molecule has 0 unspecified atom stereocenters. The Morgan fingerprint density at radius 2 is 1.93 bits per heavy atom. The third-order valence-electron chi connectivity index (χ3n) is 4.68. The molecule has 1 aromatic heterocycles. The minimum atomic E-state index is -0.933. The third-order valence-corrected chi connectivity index (χ3v) is 4.68. The van der Waals surface area contributed by atoms with Crippen molar-refractivity contribution in [1.82, 2.24) is 9.88 Å². The molecule has 0 radical (unpaired) electrons. The number of rotatable bonds is 4. The number of nitrogens with one attached hydrogen (secondary N) is 1. The Labute approximate surface area is 159 Å². The van der Waals surface area contributed by atoms with Gasteiger partial charge in [-0.3, -0.25) is 14.2 Å². The molecule has 146 valence electrons. The first-order valence-corrected chi connectivity index (χ1v) is 8.48. The summed E-state index contributed by atoms with van der Waals surface area (Å²) in [6, 6.07) is 7.21. The quantitative estimate of drug-likeness (QED) is 0.600. The van der Waals surface area contributed by atoms with Crippen molar-refractivity contribution in [1.29, 1.82) is 0 Å². The van der Waals surface area contributed by atoms with Crippen LogP contribution in [0.2, 0.25) is 0 Å². The predicted molar refractivity (Wildman–Crippen MR) is 98.1 cm³/mol. The lowest BCUT2D eigenvalue weighted by atomic mass is 9.97. The van der Waals surface area contributed by atoms with Gasteiger partial charge in [-0.2, -0.15) is 0 Å².